The molecular formula is C13H18FNO3. The number of rotatable bonds is 5. The van der Waals surface area contributed by atoms with Crippen molar-refractivity contribution in [3.8, 4) is 5.75 Å². The van der Waals surface area contributed by atoms with E-state index in [0.29, 0.717) is 6.54 Å². The second-order valence-electron chi connectivity index (χ2n) is 4.06. The zero-order chi connectivity index (χ0) is 13.7. The van der Waals surface area contributed by atoms with E-state index in [1.807, 2.05) is 6.92 Å². The van der Waals surface area contributed by atoms with E-state index in [2.05, 4.69) is 0 Å². The molecule has 0 aliphatic carbocycles. The lowest BCUT2D eigenvalue weighted by atomic mass is 10.1. The minimum absolute atomic E-state index is 0.127. The Morgan fingerprint density at radius 3 is 2.72 bits per heavy atom. The number of benzene rings is 1. The fraction of sp³-hybridized carbons (Fsp3) is 0.462. The average molecular weight is 255 g/mol. The third-order valence-corrected chi connectivity index (χ3v) is 2.68. The Morgan fingerprint density at radius 1 is 1.56 bits per heavy atom. The van der Waals surface area contributed by atoms with Gasteiger partial charge in [0, 0.05) is 25.2 Å². The number of nitrogens with zero attached hydrogens (tertiary/aromatic N) is 1. The second-order valence-corrected chi connectivity index (χ2v) is 4.06. The molecule has 1 rings (SSSR count). The van der Waals surface area contributed by atoms with E-state index in [1.165, 1.54) is 30.0 Å². The van der Waals surface area contributed by atoms with Crippen LogP contribution in [0.15, 0.2) is 18.2 Å². The Balaban J connectivity index is 2.64. The Bertz CT molecular complexity index is 421. The van der Waals surface area contributed by atoms with Gasteiger partial charge in [-0.2, -0.15) is 0 Å². The van der Waals surface area contributed by atoms with Gasteiger partial charge in [0.15, 0.2) is 6.61 Å². The molecule has 18 heavy (non-hydrogen) atoms. The Labute approximate surface area is 106 Å². The molecule has 0 fully saturated rings. The minimum Gasteiger partial charge on any atom is -0.484 e. The second kappa shape index (κ2) is 6.35. The molecule has 0 aliphatic rings. The van der Waals surface area contributed by atoms with Crippen LogP contribution < -0.4 is 4.74 Å². The van der Waals surface area contributed by atoms with Crippen molar-refractivity contribution in [3.05, 3.63) is 29.6 Å². The zero-order valence-electron chi connectivity index (χ0n) is 10.8. The predicted molar refractivity (Wildman–Crippen MR) is 65.8 cm³/mol. The molecule has 1 aromatic rings. The molecule has 0 aliphatic heterocycles. The van der Waals surface area contributed by atoms with Gasteiger partial charge in [0.2, 0.25) is 0 Å². The summed E-state index contributed by atoms with van der Waals surface area (Å²) in [5.74, 6) is -0.439. The van der Waals surface area contributed by atoms with Gasteiger partial charge in [-0.15, -0.1) is 0 Å². The molecule has 1 atom stereocenters. The van der Waals surface area contributed by atoms with E-state index in [0.717, 1.165) is 0 Å². The first kappa shape index (κ1) is 14.4. The lowest BCUT2D eigenvalue weighted by molar-refractivity contribution is -0.131. The van der Waals surface area contributed by atoms with Crippen LogP contribution in [-0.4, -0.2) is 36.1 Å². The highest BCUT2D eigenvalue weighted by atomic mass is 19.1. The third kappa shape index (κ3) is 3.70. The first-order valence-electron chi connectivity index (χ1n) is 5.80. The maximum atomic E-state index is 13.5. The van der Waals surface area contributed by atoms with Crippen molar-refractivity contribution in [1.82, 2.24) is 4.90 Å². The van der Waals surface area contributed by atoms with E-state index in [4.69, 9.17) is 4.74 Å². The van der Waals surface area contributed by atoms with Crippen LogP contribution in [0.2, 0.25) is 0 Å². The summed E-state index contributed by atoms with van der Waals surface area (Å²) < 4.78 is 18.7. The lowest BCUT2D eigenvalue weighted by Gasteiger charge is -2.15. The number of aliphatic hydroxyl groups is 1. The summed E-state index contributed by atoms with van der Waals surface area (Å²) in [6, 6.07) is 4.15. The normalized spacial score (nSPS) is 12.1. The van der Waals surface area contributed by atoms with E-state index < -0.39 is 11.9 Å². The largest absolute Gasteiger partial charge is 0.484 e. The van der Waals surface area contributed by atoms with Gasteiger partial charge in [-0.1, -0.05) is 0 Å². The highest BCUT2D eigenvalue weighted by molar-refractivity contribution is 5.77. The van der Waals surface area contributed by atoms with E-state index in [1.54, 1.807) is 7.05 Å². The van der Waals surface area contributed by atoms with Gasteiger partial charge in [-0.25, -0.2) is 4.39 Å². The monoisotopic (exact) mass is 255 g/mol. The SMILES string of the molecule is CCN(C)C(=O)COc1ccc([C@@H](C)O)c(F)c1. The molecule has 4 nitrogen and oxygen atoms in total. The molecule has 0 saturated carbocycles. The lowest BCUT2D eigenvalue weighted by Crippen LogP contribution is -2.31. The van der Waals surface area contributed by atoms with Crippen LogP contribution in [0, 0.1) is 5.82 Å². The van der Waals surface area contributed by atoms with Gasteiger partial charge in [0.1, 0.15) is 11.6 Å². The smallest absolute Gasteiger partial charge is 0.260 e. The fourth-order valence-corrected chi connectivity index (χ4v) is 1.37. The topological polar surface area (TPSA) is 49.8 Å². The van der Waals surface area contributed by atoms with Crippen LogP contribution in [0.4, 0.5) is 4.39 Å². The van der Waals surface area contributed by atoms with Crippen LogP contribution in [-0.2, 0) is 4.79 Å². The highest BCUT2D eigenvalue weighted by Crippen LogP contribution is 2.21. The molecule has 0 bridgehead atoms. The molecule has 0 radical (unpaired) electrons. The standard InChI is InChI=1S/C13H18FNO3/c1-4-15(3)13(17)8-18-10-5-6-11(9(2)16)12(14)7-10/h5-7,9,16H,4,8H2,1-3H3/t9-/m1/s1. The Kier molecular flexibility index (Phi) is 5.09. The van der Waals surface area contributed by atoms with Crippen LogP contribution in [0.25, 0.3) is 0 Å². The number of carbonyl (C=O) groups excluding carboxylic acids is 1. The summed E-state index contributed by atoms with van der Waals surface area (Å²) in [7, 11) is 1.67. The first-order chi connectivity index (χ1) is 8.45. The quantitative estimate of drug-likeness (QED) is 0.871. The molecule has 1 N–H and O–H groups in total. The van der Waals surface area contributed by atoms with Crippen molar-refractivity contribution >= 4 is 5.91 Å². The van der Waals surface area contributed by atoms with Gasteiger partial charge in [-0.05, 0) is 26.0 Å². The maximum absolute atomic E-state index is 13.5. The number of hydrogen-bond acceptors (Lipinski definition) is 3. The molecule has 1 amide bonds. The van der Waals surface area contributed by atoms with Crippen LogP contribution >= 0.6 is 0 Å². The van der Waals surface area contributed by atoms with Crippen LogP contribution in [0.5, 0.6) is 5.75 Å². The molecule has 1 aromatic carbocycles. The number of hydrogen-bond donors (Lipinski definition) is 1. The average Bonchev–Trinajstić information content (AvgIpc) is 2.34. The summed E-state index contributed by atoms with van der Waals surface area (Å²) in [4.78, 5) is 13.0. The summed E-state index contributed by atoms with van der Waals surface area (Å²) in [6.07, 6.45) is -0.869. The van der Waals surface area contributed by atoms with Gasteiger partial charge in [-0.3, -0.25) is 4.79 Å². The minimum atomic E-state index is -0.869. The fourth-order valence-electron chi connectivity index (χ4n) is 1.37. The van der Waals surface area contributed by atoms with Crippen LogP contribution in [0.1, 0.15) is 25.5 Å². The molecule has 0 unspecified atom stereocenters. The third-order valence-electron chi connectivity index (χ3n) is 2.68. The number of carbonyl (C=O) groups is 1. The highest BCUT2D eigenvalue weighted by Gasteiger charge is 2.11. The van der Waals surface area contributed by atoms with Crippen molar-refractivity contribution in [1.29, 1.82) is 0 Å². The summed E-state index contributed by atoms with van der Waals surface area (Å²) in [5.41, 5.74) is 0.208. The van der Waals surface area contributed by atoms with Gasteiger partial charge in [0.05, 0.1) is 6.10 Å². The van der Waals surface area contributed by atoms with E-state index in [-0.39, 0.29) is 23.8 Å². The van der Waals surface area contributed by atoms with Crippen LogP contribution in [0.3, 0.4) is 0 Å². The summed E-state index contributed by atoms with van der Waals surface area (Å²) in [5, 5.41) is 9.28. The Morgan fingerprint density at radius 2 is 2.22 bits per heavy atom. The van der Waals surface area contributed by atoms with Crippen molar-refractivity contribution in [2.45, 2.75) is 20.0 Å². The molecule has 0 aromatic heterocycles. The van der Waals surface area contributed by atoms with Gasteiger partial charge in [0.25, 0.3) is 5.91 Å². The molecule has 0 saturated heterocycles. The zero-order valence-corrected chi connectivity index (χ0v) is 10.8. The van der Waals surface area contributed by atoms with Crippen molar-refractivity contribution in [3.63, 3.8) is 0 Å². The Hall–Kier alpha value is -1.62. The maximum Gasteiger partial charge on any atom is 0.260 e. The van der Waals surface area contributed by atoms with Crippen molar-refractivity contribution < 1.29 is 19.0 Å². The molecular weight excluding hydrogens is 237 g/mol. The number of aliphatic hydroxyl groups excluding tert-OH is 1. The number of amides is 1. The summed E-state index contributed by atoms with van der Waals surface area (Å²) >= 11 is 0. The molecule has 0 heterocycles. The molecule has 5 heteroatoms. The van der Waals surface area contributed by atoms with Gasteiger partial charge >= 0.3 is 0 Å². The molecule has 0 spiro atoms. The number of ether oxygens (including phenoxy) is 1. The molecule has 100 valence electrons. The van der Waals surface area contributed by atoms with Crippen molar-refractivity contribution in [2.24, 2.45) is 0 Å². The van der Waals surface area contributed by atoms with Crippen molar-refractivity contribution in [2.75, 3.05) is 20.2 Å². The van der Waals surface area contributed by atoms with E-state index >= 15 is 0 Å². The number of likely N-dealkylation sites (N-methyl/N-ethyl adjacent to an activating group) is 1. The first-order valence-corrected chi connectivity index (χ1v) is 5.80. The predicted octanol–water partition coefficient (Wildman–Crippen LogP) is 1.74. The summed E-state index contributed by atoms with van der Waals surface area (Å²) in [6.45, 7) is 3.81. The number of halogens is 1. The van der Waals surface area contributed by atoms with E-state index in [9.17, 15) is 14.3 Å². The van der Waals surface area contributed by atoms with Gasteiger partial charge < -0.3 is 14.7 Å².